The average molecular weight is 334 g/mol. The van der Waals surface area contributed by atoms with Crippen LogP contribution in [0.5, 0.6) is 0 Å². The Hall–Kier alpha value is -1.63. The molecule has 5 nitrogen and oxygen atoms in total. The molecule has 2 aromatic rings. The highest BCUT2D eigenvalue weighted by molar-refractivity contribution is 7.89. The molecule has 124 valence electrons. The number of aryl methyl sites for hydroxylation is 1. The fourth-order valence-corrected chi connectivity index (χ4v) is 4.23. The summed E-state index contributed by atoms with van der Waals surface area (Å²) in [5.74, 6) is 1.99. The van der Waals surface area contributed by atoms with E-state index in [9.17, 15) is 8.42 Å². The quantitative estimate of drug-likeness (QED) is 0.824. The maximum absolute atomic E-state index is 11.7. The minimum atomic E-state index is -3.00. The van der Waals surface area contributed by atoms with Gasteiger partial charge in [0.1, 0.15) is 11.5 Å². The van der Waals surface area contributed by atoms with Crippen LogP contribution in [0.3, 0.4) is 0 Å². The van der Waals surface area contributed by atoms with Gasteiger partial charge in [-0.2, -0.15) is 0 Å². The molecule has 0 radical (unpaired) electrons. The predicted octanol–water partition coefficient (Wildman–Crippen LogP) is 2.38. The molecule has 6 heteroatoms. The average Bonchev–Trinajstić information content (AvgIpc) is 3.11. The first-order chi connectivity index (χ1) is 11.0. The van der Waals surface area contributed by atoms with Gasteiger partial charge in [0.05, 0.1) is 12.3 Å². The molecule has 1 aromatic heterocycles. The maximum atomic E-state index is 11.7. The molecule has 0 spiro atoms. The highest BCUT2D eigenvalue weighted by Gasteiger charge is 2.27. The predicted molar refractivity (Wildman–Crippen MR) is 90.6 cm³/mol. The monoisotopic (exact) mass is 334 g/mol. The highest BCUT2D eigenvalue weighted by atomic mass is 32.2. The molecule has 2 heterocycles. The van der Waals surface area contributed by atoms with Gasteiger partial charge in [0.2, 0.25) is 10.0 Å². The Labute approximate surface area is 137 Å². The van der Waals surface area contributed by atoms with Gasteiger partial charge in [0.15, 0.2) is 0 Å². The second kappa shape index (κ2) is 6.86. The molecule has 1 aliphatic heterocycles. The summed E-state index contributed by atoms with van der Waals surface area (Å²) in [4.78, 5) is 0. The van der Waals surface area contributed by atoms with Gasteiger partial charge in [0, 0.05) is 25.2 Å². The van der Waals surface area contributed by atoms with Crippen molar-refractivity contribution in [2.45, 2.75) is 19.9 Å². The smallest absolute Gasteiger partial charge is 0.214 e. The molecular weight excluding hydrogens is 312 g/mol. The van der Waals surface area contributed by atoms with Crippen LogP contribution >= 0.6 is 0 Å². The molecule has 0 atom stereocenters. The summed E-state index contributed by atoms with van der Waals surface area (Å²) < 4.78 is 30.8. The van der Waals surface area contributed by atoms with Crippen molar-refractivity contribution in [3.63, 3.8) is 0 Å². The second-order valence-corrected chi connectivity index (χ2v) is 7.97. The van der Waals surface area contributed by atoms with Gasteiger partial charge in [-0.25, -0.2) is 12.7 Å². The fourth-order valence-electron chi connectivity index (χ4n) is 2.70. The zero-order valence-electron chi connectivity index (χ0n) is 13.3. The number of benzene rings is 1. The van der Waals surface area contributed by atoms with E-state index < -0.39 is 10.0 Å². The lowest BCUT2D eigenvalue weighted by atomic mass is 10.1. The van der Waals surface area contributed by atoms with E-state index in [4.69, 9.17) is 4.42 Å². The van der Waals surface area contributed by atoms with Crippen LogP contribution in [0.2, 0.25) is 0 Å². The first-order valence-corrected chi connectivity index (χ1v) is 9.50. The minimum Gasteiger partial charge on any atom is -0.460 e. The van der Waals surface area contributed by atoms with Gasteiger partial charge >= 0.3 is 0 Å². The SMILES string of the molecule is Cc1ccc(-c2ccc(CNCCN3CCCS3(=O)=O)o2)cc1. The molecule has 0 amide bonds. The Morgan fingerprint density at radius 3 is 2.65 bits per heavy atom. The lowest BCUT2D eigenvalue weighted by Crippen LogP contribution is -2.33. The van der Waals surface area contributed by atoms with Crippen molar-refractivity contribution in [1.29, 1.82) is 0 Å². The van der Waals surface area contributed by atoms with Gasteiger partial charge in [-0.3, -0.25) is 0 Å². The van der Waals surface area contributed by atoms with E-state index in [2.05, 4.69) is 24.4 Å². The van der Waals surface area contributed by atoms with Crippen molar-refractivity contribution in [3.8, 4) is 11.3 Å². The van der Waals surface area contributed by atoms with Gasteiger partial charge in [-0.15, -0.1) is 0 Å². The summed E-state index contributed by atoms with van der Waals surface area (Å²) in [6.07, 6.45) is 0.737. The Bertz CT molecular complexity index is 750. The summed E-state index contributed by atoms with van der Waals surface area (Å²) in [6.45, 7) is 4.44. The van der Waals surface area contributed by atoms with E-state index in [0.29, 0.717) is 26.2 Å². The number of hydrogen-bond acceptors (Lipinski definition) is 4. The van der Waals surface area contributed by atoms with E-state index in [1.807, 2.05) is 24.3 Å². The summed E-state index contributed by atoms with van der Waals surface area (Å²) in [5.41, 5.74) is 2.28. The molecule has 0 aliphatic carbocycles. The number of sulfonamides is 1. The summed E-state index contributed by atoms with van der Waals surface area (Å²) in [5, 5.41) is 3.24. The highest BCUT2D eigenvalue weighted by Crippen LogP contribution is 2.22. The van der Waals surface area contributed by atoms with E-state index >= 15 is 0 Å². The number of nitrogens with one attached hydrogen (secondary N) is 1. The molecule has 1 N–H and O–H groups in total. The van der Waals surface area contributed by atoms with Gasteiger partial charge in [0.25, 0.3) is 0 Å². The molecule has 1 fully saturated rings. The number of hydrogen-bond donors (Lipinski definition) is 1. The van der Waals surface area contributed by atoms with Crippen LogP contribution in [0.15, 0.2) is 40.8 Å². The normalized spacial score (nSPS) is 17.6. The van der Waals surface area contributed by atoms with Gasteiger partial charge in [-0.05, 0) is 25.5 Å². The standard InChI is InChI=1S/C17H22N2O3S/c1-14-3-5-15(6-4-14)17-8-7-16(22-17)13-18-9-11-19-10-2-12-23(19,20)21/h3-8,18H,2,9-13H2,1H3. The van der Waals surface area contributed by atoms with Gasteiger partial charge in [-0.1, -0.05) is 29.8 Å². The number of rotatable bonds is 6. The molecular formula is C17H22N2O3S. The molecule has 0 unspecified atom stereocenters. The van der Waals surface area contributed by atoms with Crippen molar-refractivity contribution in [1.82, 2.24) is 9.62 Å². The van der Waals surface area contributed by atoms with Crippen molar-refractivity contribution in [3.05, 3.63) is 47.7 Å². The Morgan fingerprint density at radius 1 is 1.17 bits per heavy atom. The third-order valence-corrected chi connectivity index (χ3v) is 5.99. The minimum absolute atomic E-state index is 0.283. The Kier molecular flexibility index (Phi) is 4.84. The number of furan rings is 1. The summed E-state index contributed by atoms with van der Waals surface area (Å²) >= 11 is 0. The lowest BCUT2D eigenvalue weighted by Gasteiger charge is -2.13. The largest absolute Gasteiger partial charge is 0.460 e. The van der Waals surface area contributed by atoms with Crippen LogP contribution in [0.25, 0.3) is 11.3 Å². The molecule has 1 saturated heterocycles. The zero-order chi connectivity index (χ0) is 16.3. The van der Waals surface area contributed by atoms with Crippen LogP contribution in [-0.4, -0.2) is 38.1 Å². The third-order valence-electron chi connectivity index (χ3n) is 4.04. The Balaban J connectivity index is 1.49. The van der Waals surface area contributed by atoms with Crippen LogP contribution in [-0.2, 0) is 16.6 Å². The van der Waals surface area contributed by atoms with E-state index in [1.165, 1.54) is 5.56 Å². The molecule has 0 saturated carbocycles. The molecule has 3 rings (SSSR count). The van der Waals surface area contributed by atoms with Crippen LogP contribution in [0, 0.1) is 6.92 Å². The topological polar surface area (TPSA) is 62.6 Å². The molecule has 23 heavy (non-hydrogen) atoms. The molecule has 1 aromatic carbocycles. The van der Waals surface area contributed by atoms with Crippen molar-refractivity contribution < 1.29 is 12.8 Å². The van der Waals surface area contributed by atoms with Crippen molar-refractivity contribution >= 4 is 10.0 Å². The zero-order valence-corrected chi connectivity index (χ0v) is 14.1. The van der Waals surface area contributed by atoms with E-state index in [0.717, 1.165) is 23.5 Å². The van der Waals surface area contributed by atoms with Gasteiger partial charge < -0.3 is 9.73 Å². The Morgan fingerprint density at radius 2 is 1.96 bits per heavy atom. The first kappa shape index (κ1) is 16.2. The van der Waals surface area contributed by atoms with Crippen molar-refractivity contribution in [2.24, 2.45) is 0 Å². The van der Waals surface area contributed by atoms with Crippen molar-refractivity contribution in [2.75, 3.05) is 25.4 Å². The first-order valence-electron chi connectivity index (χ1n) is 7.89. The van der Waals surface area contributed by atoms with Crippen LogP contribution in [0.4, 0.5) is 0 Å². The number of nitrogens with zero attached hydrogens (tertiary/aromatic N) is 1. The molecule has 0 bridgehead atoms. The molecule has 1 aliphatic rings. The van der Waals surface area contributed by atoms with Crippen LogP contribution < -0.4 is 5.32 Å². The maximum Gasteiger partial charge on any atom is 0.214 e. The summed E-state index contributed by atoms with van der Waals surface area (Å²) in [6, 6.07) is 12.1. The summed E-state index contributed by atoms with van der Waals surface area (Å²) in [7, 11) is -3.00. The van der Waals surface area contributed by atoms with E-state index in [-0.39, 0.29) is 5.75 Å². The fraction of sp³-hybridized carbons (Fsp3) is 0.412. The van der Waals surface area contributed by atoms with E-state index in [1.54, 1.807) is 4.31 Å². The third kappa shape index (κ3) is 4.02. The van der Waals surface area contributed by atoms with Crippen LogP contribution in [0.1, 0.15) is 17.7 Å². The lowest BCUT2D eigenvalue weighted by molar-refractivity contribution is 0.424. The second-order valence-electron chi connectivity index (χ2n) is 5.88.